The van der Waals surface area contributed by atoms with Crippen molar-refractivity contribution in [2.45, 2.75) is 24.3 Å². The zero-order chi connectivity index (χ0) is 20.6. The van der Waals surface area contributed by atoms with Gasteiger partial charge in [0.2, 0.25) is 10.0 Å². The van der Waals surface area contributed by atoms with Crippen LogP contribution in [0.25, 0.3) is 0 Å². The second kappa shape index (κ2) is 7.71. The maximum absolute atomic E-state index is 12.6. The predicted molar refractivity (Wildman–Crippen MR) is 105 cm³/mol. The smallest absolute Gasteiger partial charge is 0.340 e. The quantitative estimate of drug-likeness (QED) is 0.732. The zero-order valence-corrected chi connectivity index (χ0v) is 17.0. The molecule has 1 aliphatic heterocycles. The zero-order valence-electron chi connectivity index (χ0n) is 14.7. The molecule has 0 saturated heterocycles. The Morgan fingerprint density at radius 3 is 2.61 bits per heavy atom. The van der Waals surface area contributed by atoms with E-state index in [9.17, 15) is 18.0 Å². The van der Waals surface area contributed by atoms with Gasteiger partial charge in [0.25, 0.3) is 5.91 Å². The first-order chi connectivity index (χ1) is 13.1. The standard InChI is InChI=1S/C18H16Cl2N2O5S/c1-10-6-11-7-13(28(21,25)26)3-5-16(11)22(10)17(23)9-27-18(24)14-8-12(19)2-4-15(14)20/h2-5,7-8,10H,6,9H2,1H3,(H2,21,25,26). The van der Waals surface area contributed by atoms with Crippen LogP contribution in [0.2, 0.25) is 10.0 Å². The second-order valence-corrected chi connectivity index (χ2v) is 8.76. The largest absolute Gasteiger partial charge is 0.452 e. The van der Waals surface area contributed by atoms with Gasteiger partial charge in [0.15, 0.2) is 6.61 Å². The minimum absolute atomic E-state index is 0.0187. The van der Waals surface area contributed by atoms with Crippen molar-refractivity contribution in [2.75, 3.05) is 11.5 Å². The van der Waals surface area contributed by atoms with E-state index >= 15 is 0 Å². The van der Waals surface area contributed by atoms with Crippen LogP contribution < -0.4 is 10.0 Å². The van der Waals surface area contributed by atoms with E-state index in [-0.39, 0.29) is 21.5 Å². The molecule has 0 aliphatic carbocycles. The summed E-state index contributed by atoms with van der Waals surface area (Å²) in [5.74, 6) is -1.21. The number of rotatable bonds is 4. The van der Waals surface area contributed by atoms with Crippen LogP contribution in [0.15, 0.2) is 41.3 Å². The molecule has 7 nitrogen and oxygen atoms in total. The Bertz CT molecular complexity index is 1070. The van der Waals surface area contributed by atoms with Crippen LogP contribution in [0, 0.1) is 0 Å². The van der Waals surface area contributed by atoms with E-state index in [2.05, 4.69) is 0 Å². The molecule has 2 N–H and O–H groups in total. The van der Waals surface area contributed by atoms with Crippen molar-refractivity contribution >= 4 is 50.8 Å². The van der Waals surface area contributed by atoms with E-state index in [0.29, 0.717) is 22.7 Å². The molecule has 1 aliphatic rings. The number of nitrogens with two attached hydrogens (primary N) is 1. The molecule has 0 fully saturated rings. The van der Waals surface area contributed by atoms with Gasteiger partial charge < -0.3 is 9.64 Å². The van der Waals surface area contributed by atoms with Crippen molar-refractivity contribution in [1.82, 2.24) is 0 Å². The average Bonchev–Trinajstić information content (AvgIpc) is 2.95. The number of hydrogen-bond acceptors (Lipinski definition) is 5. The third-order valence-electron chi connectivity index (χ3n) is 4.34. The molecule has 2 aromatic carbocycles. The number of fused-ring (bicyclic) bond motifs is 1. The number of esters is 1. The van der Waals surface area contributed by atoms with Gasteiger partial charge in [-0.25, -0.2) is 18.4 Å². The van der Waals surface area contributed by atoms with Crippen molar-refractivity contribution in [3.63, 3.8) is 0 Å². The third kappa shape index (κ3) is 4.15. The average molecular weight is 443 g/mol. The van der Waals surface area contributed by atoms with Crippen LogP contribution in [0.1, 0.15) is 22.8 Å². The molecule has 2 aromatic rings. The number of sulfonamides is 1. The van der Waals surface area contributed by atoms with Crippen LogP contribution in [-0.4, -0.2) is 32.9 Å². The lowest BCUT2D eigenvalue weighted by Crippen LogP contribution is -2.38. The van der Waals surface area contributed by atoms with Crippen LogP contribution in [0.3, 0.4) is 0 Å². The number of benzene rings is 2. The van der Waals surface area contributed by atoms with Gasteiger partial charge >= 0.3 is 5.97 Å². The summed E-state index contributed by atoms with van der Waals surface area (Å²) in [6.45, 7) is 1.31. The molecule has 0 radical (unpaired) electrons. The molecule has 1 amide bonds. The Morgan fingerprint density at radius 1 is 1.21 bits per heavy atom. The summed E-state index contributed by atoms with van der Waals surface area (Å²) in [6.07, 6.45) is 0.457. The van der Waals surface area contributed by atoms with E-state index < -0.39 is 28.5 Å². The monoisotopic (exact) mass is 442 g/mol. The lowest BCUT2D eigenvalue weighted by atomic mass is 10.1. The van der Waals surface area contributed by atoms with Crippen LogP contribution >= 0.6 is 23.2 Å². The number of ether oxygens (including phenoxy) is 1. The summed E-state index contributed by atoms with van der Waals surface area (Å²) in [4.78, 5) is 26.3. The van der Waals surface area contributed by atoms with Crippen LogP contribution in [-0.2, 0) is 26.0 Å². The first kappa shape index (κ1) is 20.6. The normalized spacial score (nSPS) is 16.0. The van der Waals surface area contributed by atoms with Gasteiger partial charge in [-0.3, -0.25) is 4.79 Å². The van der Waals surface area contributed by atoms with Gasteiger partial charge in [-0.2, -0.15) is 0 Å². The summed E-state index contributed by atoms with van der Waals surface area (Å²) >= 11 is 11.8. The number of carbonyl (C=O) groups excluding carboxylic acids is 2. The number of amides is 1. The van der Waals surface area contributed by atoms with Crippen molar-refractivity contribution < 1.29 is 22.7 Å². The topological polar surface area (TPSA) is 107 Å². The van der Waals surface area contributed by atoms with Gasteiger partial charge in [0.05, 0.1) is 15.5 Å². The highest BCUT2D eigenvalue weighted by atomic mass is 35.5. The number of anilines is 1. The molecular weight excluding hydrogens is 427 g/mol. The molecule has 1 atom stereocenters. The molecular formula is C18H16Cl2N2O5S. The fourth-order valence-electron chi connectivity index (χ4n) is 3.09. The molecule has 0 aromatic heterocycles. The first-order valence-corrected chi connectivity index (χ1v) is 10.5. The van der Waals surface area contributed by atoms with Crippen molar-refractivity contribution in [1.29, 1.82) is 0 Å². The fourth-order valence-corrected chi connectivity index (χ4v) is 4.02. The van der Waals surface area contributed by atoms with Gasteiger partial charge in [-0.05, 0) is 55.3 Å². The van der Waals surface area contributed by atoms with E-state index in [4.69, 9.17) is 33.1 Å². The highest BCUT2D eigenvalue weighted by molar-refractivity contribution is 7.89. The third-order valence-corrected chi connectivity index (χ3v) is 5.81. The summed E-state index contributed by atoms with van der Waals surface area (Å²) in [7, 11) is -3.84. The predicted octanol–water partition coefficient (Wildman–Crippen LogP) is 2.78. The molecule has 1 unspecified atom stereocenters. The molecule has 0 saturated carbocycles. The molecule has 1 heterocycles. The minimum Gasteiger partial charge on any atom is -0.452 e. The number of nitrogens with zero attached hydrogens (tertiary/aromatic N) is 1. The lowest BCUT2D eigenvalue weighted by Gasteiger charge is -2.22. The van der Waals surface area contributed by atoms with Crippen LogP contribution in [0.5, 0.6) is 0 Å². The SMILES string of the molecule is CC1Cc2cc(S(N)(=O)=O)ccc2N1C(=O)COC(=O)c1cc(Cl)ccc1Cl. The van der Waals surface area contributed by atoms with E-state index in [1.54, 1.807) is 0 Å². The van der Waals surface area contributed by atoms with Crippen LogP contribution in [0.4, 0.5) is 5.69 Å². The minimum atomic E-state index is -3.84. The Balaban J connectivity index is 1.75. The molecule has 148 valence electrons. The summed E-state index contributed by atoms with van der Waals surface area (Å²) in [6, 6.07) is 8.43. The number of carbonyl (C=O) groups is 2. The summed E-state index contributed by atoms with van der Waals surface area (Å²) in [5, 5.41) is 5.63. The highest BCUT2D eigenvalue weighted by Crippen LogP contribution is 2.33. The van der Waals surface area contributed by atoms with Crippen molar-refractivity contribution in [3.8, 4) is 0 Å². The fraction of sp³-hybridized carbons (Fsp3) is 0.222. The Hall–Kier alpha value is -2.13. The highest BCUT2D eigenvalue weighted by Gasteiger charge is 2.32. The summed E-state index contributed by atoms with van der Waals surface area (Å²) < 4.78 is 28.1. The van der Waals surface area contributed by atoms with Gasteiger partial charge in [-0.15, -0.1) is 0 Å². The Kier molecular flexibility index (Phi) is 5.67. The Labute approximate surface area is 172 Å². The van der Waals surface area contributed by atoms with Crippen molar-refractivity contribution in [3.05, 3.63) is 57.6 Å². The molecule has 0 bridgehead atoms. The van der Waals surface area contributed by atoms with E-state index in [1.807, 2.05) is 6.92 Å². The first-order valence-electron chi connectivity index (χ1n) is 8.18. The maximum Gasteiger partial charge on any atom is 0.340 e. The lowest BCUT2D eigenvalue weighted by molar-refractivity contribution is -0.122. The Morgan fingerprint density at radius 2 is 1.93 bits per heavy atom. The number of primary sulfonamides is 1. The van der Waals surface area contributed by atoms with Gasteiger partial charge in [0.1, 0.15) is 0 Å². The molecule has 10 heteroatoms. The maximum atomic E-state index is 12.6. The van der Waals surface area contributed by atoms with E-state index in [1.165, 1.54) is 41.3 Å². The van der Waals surface area contributed by atoms with E-state index in [0.717, 1.165) is 0 Å². The molecule has 0 spiro atoms. The second-order valence-electron chi connectivity index (χ2n) is 6.35. The summed E-state index contributed by atoms with van der Waals surface area (Å²) in [5.41, 5.74) is 1.30. The van der Waals surface area contributed by atoms with Crippen molar-refractivity contribution in [2.24, 2.45) is 5.14 Å². The number of halogens is 2. The molecule has 3 rings (SSSR count). The molecule has 28 heavy (non-hydrogen) atoms. The number of hydrogen-bond donors (Lipinski definition) is 1. The van der Waals surface area contributed by atoms with Gasteiger partial charge in [-0.1, -0.05) is 23.2 Å². The van der Waals surface area contributed by atoms with Gasteiger partial charge in [0, 0.05) is 16.8 Å².